The van der Waals surface area contributed by atoms with Crippen molar-refractivity contribution < 1.29 is 4.79 Å². The summed E-state index contributed by atoms with van der Waals surface area (Å²) in [6.45, 7) is 6.61. The zero-order chi connectivity index (χ0) is 12.8. The summed E-state index contributed by atoms with van der Waals surface area (Å²) >= 11 is 1.31. The fourth-order valence-electron chi connectivity index (χ4n) is 1.38. The first-order chi connectivity index (χ1) is 8.13. The van der Waals surface area contributed by atoms with E-state index in [1.807, 2.05) is 13.8 Å². The van der Waals surface area contributed by atoms with E-state index in [0.717, 1.165) is 18.2 Å². The number of nitrogens with zero attached hydrogens (tertiary/aromatic N) is 2. The molecule has 0 atom stereocenters. The van der Waals surface area contributed by atoms with E-state index in [9.17, 15) is 4.79 Å². The van der Waals surface area contributed by atoms with Crippen molar-refractivity contribution in [2.24, 2.45) is 5.73 Å². The molecule has 1 amide bonds. The van der Waals surface area contributed by atoms with Crippen LogP contribution in [-0.2, 0) is 0 Å². The molecule has 0 radical (unpaired) electrons. The summed E-state index contributed by atoms with van der Waals surface area (Å²) in [7, 11) is 0. The number of anilines is 2. The molecular weight excluding hydrogens is 238 g/mol. The lowest BCUT2D eigenvalue weighted by molar-refractivity contribution is 0.0959. The molecule has 0 spiro atoms. The summed E-state index contributed by atoms with van der Waals surface area (Å²) in [5.41, 5.74) is 11.1. The van der Waals surface area contributed by atoms with Gasteiger partial charge in [0.1, 0.15) is 10.7 Å². The van der Waals surface area contributed by atoms with Crippen LogP contribution in [0.3, 0.4) is 0 Å². The highest BCUT2D eigenvalue weighted by molar-refractivity contribution is 7.18. The first-order valence-electron chi connectivity index (χ1n) is 5.63. The topological polar surface area (TPSA) is 97.3 Å². The maximum absolute atomic E-state index is 11.7. The molecule has 5 N–H and O–H groups in total. The van der Waals surface area contributed by atoms with Gasteiger partial charge in [0.2, 0.25) is 0 Å². The van der Waals surface area contributed by atoms with Crippen LogP contribution in [0.5, 0.6) is 0 Å². The zero-order valence-electron chi connectivity index (χ0n) is 10.2. The van der Waals surface area contributed by atoms with Crippen molar-refractivity contribution in [1.82, 2.24) is 10.3 Å². The fourth-order valence-corrected chi connectivity index (χ4v) is 2.41. The van der Waals surface area contributed by atoms with Crippen molar-refractivity contribution in [1.29, 1.82) is 0 Å². The summed E-state index contributed by atoms with van der Waals surface area (Å²) in [4.78, 5) is 18.5. The van der Waals surface area contributed by atoms with Gasteiger partial charge in [0, 0.05) is 26.2 Å². The van der Waals surface area contributed by atoms with E-state index < -0.39 is 0 Å². The number of nitrogens with one attached hydrogen (secondary N) is 1. The normalized spacial score (nSPS) is 10.3. The molecule has 0 aliphatic carbocycles. The lowest BCUT2D eigenvalue weighted by Crippen LogP contribution is -2.28. The smallest absolute Gasteiger partial charge is 0.265 e. The maximum Gasteiger partial charge on any atom is 0.265 e. The number of rotatable bonds is 6. The van der Waals surface area contributed by atoms with Crippen molar-refractivity contribution in [3.05, 3.63) is 4.88 Å². The highest BCUT2D eigenvalue weighted by Gasteiger charge is 2.17. The van der Waals surface area contributed by atoms with E-state index in [1.165, 1.54) is 11.3 Å². The average Bonchev–Trinajstić information content (AvgIpc) is 2.70. The van der Waals surface area contributed by atoms with E-state index in [2.05, 4.69) is 15.2 Å². The van der Waals surface area contributed by atoms with Crippen LogP contribution in [0.2, 0.25) is 0 Å². The Morgan fingerprint density at radius 3 is 2.65 bits per heavy atom. The van der Waals surface area contributed by atoms with Crippen LogP contribution < -0.4 is 21.7 Å². The van der Waals surface area contributed by atoms with Gasteiger partial charge in [-0.1, -0.05) is 11.3 Å². The molecule has 0 saturated carbocycles. The number of hydrogen-bond acceptors (Lipinski definition) is 6. The molecule has 6 nitrogen and oxygen atoms in total. The van der Waals surface area contributed by atoms with E-state index in [0.29, 0.717) is 18.0 Å². The SMILES string of the molecule is CCN(CC)c1nc(N)c(C(=O)NCCN)s1. The van der Waals surface area contributed by atoms with Gasteiger partial charge in [-0.2, -0.15) is 0 Å². The lowest BCUT2D eigenvalue weighted by Gasteiger charge is -2.16. The Kier molecular flexibility index (Phi) is 5.17. The lowest BCUT2D eigenvalue weighted by atomic mass is 10.4. The van der Waals surface area contributed by atoms with Crippen molar-refractivity contribution in [3.63, 3.8) is 0 Å². The third kappa shape index (κ3) is 3.31. The number of thiazole rings is 1. The minimum Gasteiger partial charge on any atom is -0.382 e. The molecule has 0 fully saturated rings. The second kappa shape index (κ2) is 6.41. The third-order valence-electron chi connectivity index (χ3n) is 2.31. The molecule has 17 heavy (non-hydrogen) atoms. The van der Waals surface area contributed by atoms with Crippen LogP contribution in [0, 0.1) is 0 Å². The zero-order valence-corrected chi connectivity index (χ0v) is 11.0. The molecule has 0 saturated heterocycles. The molecule has 0 aromatic carbocycles. The molecule has 7 heteroatoms. The Labute approximate surface area is 105 Å². The number of amides is 1. The van der Waals surface area contributed by atoms with Crippen LogP contribution >= 0.6 is 11.3 Å². The quantitative estimate of drug-likeness (QED) is 0.679. The Balaban J connectivity index is 2.84. The summed E-state index contributed by atoms with van der Waals surface area (Å²) in [5.74, 6) is 0.0790. The molecule has 0 aliphatic heterocycles. The fraction of sp³-hybridized carbons (Fsp3) is 0.600. The third-order valence-corrected chi connectivity index (χ3v) is 3.44. The van der Waals surface area contributed by atoms with Gasteiger partial charge >= 0.3 is 0 Å². The van der Waals surface area contributed by atoms with E-state index in [1.54, 1.807) is 0 Å². The van der Waals surface area contributed by atoms with Gasteiger partial charge in [-0.05, 0) is 13.8 Å². The van der Waals surface area contributed by atoms with Crippen molar-refractivity contribution in [3.8, 4) is 0 Å². The van der Waals surface area contributed by atoms with Gasteiger partial charge < -0.3 is 21.7 Å². The number of carbonyl (C=O) groups excluding carboxylic acids is 1. The van der Waals surface area contributed by atoms with Crippen molar-refractivity contribution in [2.75, 3.05) is 36.8 Å². The number of nitrogen functional groups attached to an aromatic ring is 1. The van der Waals surface area contributed by atoms with Crippen LogP contribution in [0.25, 0.3) is 0 Å². The minimum absolute atomic E-state index is 0.205. The van der Waals surface area contributed by atoms with E-state index >= 15 is 0 Å². The van der Waals surface area contributed by atoms with E-state index in [-0.39, 0.29) is 11.7 Å². The van der Waals surface area contributed by atoms with Gasteiger partial charge in [0.15, 0.2) is 5.13 Å². The van der Waals surface area contributed by atoms with Gasteiger partial charge in [-0.25, -0.2) is 4.98 Å². The summed E-state index contributed by atoms with van der Waals surface area (Å²) in [6, 6.07) is 0. The van der Waals surface area contributed by atoms with Crippen LogP contribution in [-0.4, -0.2) is 37.1 Å². The van der Waals surface area contributed by atoms with E-state index in [4.69, 9.17) is 11.5 Å². The first kappa shape index (κ1) is 13.7. The van der Waals surface area contributed by atoms with Gasteiger partial charge in [0.25, 0.3) is 5.91 Å². The molecule has 1 aromatic rings. The van der Waals surface area contributed by atoms with Crippen LogP contribution in [0.4, 0.5) is 10.9 Å². The van der Waals surface area contributed by atoms with Crippen LogP contribution in [0.15, 0.2) is 0 Å². The molecule has 0 unspecified atom stereocenters. The van der Waals surface area contributed by atoms with Gasteiger partial charge in [-0.3, -0.25) is 4.79 Å². The molecular formula is C10H19N5OS. The highest BCUT2D eigenvalue weighted by Crippen LogP contribution is 2.27. The summed E-state index contributed by atoms with van der Waals surface area (Å²) < 4.78 is 0. The highest BCUT2D eigenvalue weighted by atomic mass is 32.1. The van der Waals surface area contributed by atoms with Crippen molar-refractivity contribution >= 4 is 28.2 Å². The molecule has 1 rings (SSSR count). The maximum atomic E-state index is 11.7. The second-order valence-corrected chi connectivity index (χ2v) is 4.41. The molecule has 0 bridgehead atoms. The first-order valence-corrected chi connectivity index (χ1v) is 6.45. The second-order valence-electron chi connectivity index (χ2n) is 3.43. The van der Waals surface area contributed by atoms with Crippen molar-refractivity contribution in [2.45, 2.75) is 13.8 Å². The Morgan fingerprint density at radius 2 is 2.12 bits per heavy atom. The largest absolute Gasteiger partial charge is 0.382 e. The number of hydrogen-bond donors (Lipinski definition) is 3. The number of nitrogens with two attached hydrogens (primary N) is 2. The van der Waals surface area contributed by atoms with Crippen LogP contribution in [0.1, 0.15) is 23.5 Å². The van der Waals surface area contributed by atoms with Gasteiger partial charge in [0.05, 0.1) is 0 Å². The number of aromatic nitrogens is 1. The monoisotopic (exact) mass is 257 g/mol. The predicted octanol–water partition coefficient (Wildman–Crippen LogP) is 0.260. The predicted molar refractivity (Wildman–Crippen MR) is 71.5 cm³/mol. The summed E-state index contributed by atoms with van der Waals surface area (Å²) in [5, 5.41) is 3.47. The molecule has 1 aromatic heterocycles. The average molecular weight is 257 g/mol. The summed E-state index contributed by atoms with van der Waals surface area (Å²) in [6.07, 6.45) is 0. The Bertz CT molecular complexity index is 375. The Hall–Kier alpha value is -1.34. The van der Waals surface area contributed by atoms with Gasteiger partial charge in [-0.15, -0.1) is 0 Å². The molecule has 96 valence electrons. The minimum atomic E-state index is -0.205. The molecule has 0 aliphatic rings. The molecule has 1 heterocycles. The Morgan fingerprint density at radius 1 is 1.47 bits per heavy atom. The number of carbonyl (C=O) groups is 1. The standard InChI is InChI=1S/C10H19N5OS/c1-3-15(4-2)10-14-8(12)7(17-10)9(16)13-6-5-11/h3-6,11-12H2,1-2H3,(H,13,16).